The molecule has 0 atom stereocenters. The Balaban J connectivity index is 2.04. The normalized spacial score (nSPS) is 11.2. The number of aromatic nitrogens is 3. The van der Waals surface area contributed by atoms with Crippen LogP contribution >= 0.6 is 0 Å². The highest BCUT2D eigenvalue weighted by molar-refractivity contribution is 5.94. The van der Waals surface area contributed by atoms with E-state index in [2.05, 4.69) is 15.3 Å². The van der Waals surface area contributed by atoms with E-state index >= 15 is 0 Å². The number of hydrogen-bond donors (Lipinski definition) is 5. The average Bonchev–Trinajstić information content (AvgIpc) is 3.13. The number of phenolic OH excluding ortho intramolecular Hbond substituents is 2. The summed E-state index contributed by atoms with van der Waals surface area (Å²) >= 11 is 0. The minimum Gasteiger partial charge on any atom is -0.504 e. The van der Waals surface area contributed by atoms with Crippen LogP contribution in [0.2, 0.25) is 0 Å². The van der Waals surface area contributed by atoms with Crippen molar-refractivity contribution in [2.45, 2.75) is 0 Å². The summed E-state index contributed by atoms with van der Waals surface area (Å²) in [4.78, 5) is 20.3. The summed E-state index contributed by atoms with van der Waals surface area (Å²) in [6.07, 6.45) is 1.63. The van der Waals surface area contributed by atoms with Gasteiger partial charge in [-0.3, -0.25) is 4.40 Å². The predicted octanol–water partition coefficient (Wildman–Crippen LogP) is 2.03. The number of hydrogen-bond acceptors (Lipinski definition) is 7. The molecule has 2 aromatic carbocycles. The van der Waals surface area contributed by atoms with E-state index < -0.39 is 5.97 Å². The lowest BCUT2D eigenvalue weighted by Gasteiger charge is -2.12. The number of benzene rings is 2. The van der Waals surface area contributed by atoms with E-state index in [1.165, 1.54) is 24.3 Å². The number of aromatic hydroxyl groups is 2. The second kappa shape index (κ2) is 6.71. The average molecular weight is 379 g/mol. The van der Waals surface area contributed by atoms with E-state index in [0.29, 0.717) is 46.8 Å². The molecule has 9 heteroatoms. The quantitative estimate of drug-likeness (QED) is 0.331. The number of rotatable bonds is 5. The van der Waals surface area contributed by atoms with Crippen molar-refractivity contribution < 1.29 is 20.1 Å². The molecule has 2 aromatic heterocycles. The van der Waals surface area contributed by atoms with Crippen molar-refractivity contribution in [2.75, 3.05) is 18.4 Å². The maximum absolute atomic E-state index is 11.3. The van der Waals surface area contributed by atoms with Crippen molar-refractivity contribution in [1.82, 2.24) is 14.4 Å². The Morgan fingerprint density at radius 3 is 2.68 bits per heavy atom. The van der Waals surface area contributed by atoms with Crippen molar-refractivity contribution >= 4 is 28.5 Å². The van der Waals surface area contributed by atoms with Crippen LogP contribution in [0.4, 0.5) is 5.82 Å². The molecule has 4 rings (SSSR count). The first-order chi connectivity index (χ1) is 13.5. The number of anilines is 1. The monoisotopic (exact) mass is 379 g/mol. The van der Waals surface area contributed by atoms with Gasteiger partial charge in [0.2, 0.25) is 0 Å². The molecule has 0 unspecified atom stereocenters. The van der Waals surface area contributed by atoms with Gasteiger partial charge in [0.1, 0.15) is 0 Å². The number of nitrogens with zero attached hydrogens (tertiary/aromatic N) is 3. The molecule has 0 radical (unpaired) electrons. The molecule has 4 aromatic rings. The number of aromatic carboxylic acids is 1. The zero-order chi connectivity index (χ0) is 19.8. The topological polar surface area (TPSA) is 146 Å². The number of phenols is 2. The minimum absolute atomic E-state index is 0.119. The fraction of sp³-hybridized carbons (Fsp3) is 0.105. The molecule has 2 heterocycles. The van der Waals surface area contributed by atoms with Crippen LogP contribution in [0, 0.1) is 0 Å². The summed E-state index contributed by atoms with van der Waals surface area (Å²) in [5, 5.41) is 31.9. The van der Waals surface area contributed by atoms with Crippen LogP contribution in [0.15, 0.2) is 42.6 Å². The van der Waals surface area contributed by atoms with Gasteiger partial charge in [-0.2, -0.15) is 0 Å². The maximum atomic E-state index is 11.3. The Bertz CT molecular complexity index is 1220. The Morgan fingerprint density at radius 2 is 1.96 bits per heavy atom. The summed E-state index contributed by atoms with van der Waals surface area (Å²) in [7, 11) is 0. The Hall–Kier alpha value is -3.85. The molecule has 0 aliphatic carbocycles. The molecule has 0 aliphatic rings. The molecule has 0 aliphatic heterocycles. The fourth-order valence-corrected chi connectivity index (χ4v) is 3.06. The van der Waals surface area contributed by atoms with Gasteiger partial charge < -0.3 is 26.4 Å². The third kappa shape index (κ3) is 2.83. The molecule has 0 amide bonds. The molecule has 28 heavy (non-hydrogen) atoms. The van der Waals surface area contributed by atoms with Gasteiger partial charge >= 0.3 is 5.97 Å². The summed E-state index contributed by atoms with van der Waals surface area (Å²) < 4.78 is 1.82. The molecular formula is C19H17N5O4. The Labute approximate surface area is 158 Å². The van der Waals surface area contributed by atoms with Gasteiger partial charge in [-0.25, -0.2) is 14.8 Å². The number of imidazole rings is 1. The highest BCUT2D eigenvalue weighted by atomic mass is 16.4. The molecule has 0 spiro atoms. The second-order valence-electron chi connectivity index (χ2n) is 6.19. The van der Waals surface area contributed by atoms with E-state index in [1.807, 2.05) is 4.40 Å². The number of nitrogens with one attached hydrogen (secondary N) is 1. The third-order valence-electron chi connectivity index (χ3n) is 4.38. The molecule has 0 saturated heterocycles. The highest BCUT2D eigenvalue weighted by Gasteiger charge is 2.17. The molecule has 0 fully saturated rings. The van der Waals surface area contributed by atoms with E-state index in [4.69, 9.17) is 5.73 Å². The van der Waals surface area contributed by atoms with Gasteiger partial charge in [0, 0.05) is 18.7 Å². The number of carboxylic acids is 1. The lowest BCUT2D eigenvalue weighted by atomic mass is 10.1. The van der Waals surface area contributed by atoms with Crippen LogP contribution in [0.5, 0.6) is 11.5 Å². The van der Waals surface area contributed by atoms with Gasteiger partial charge in [-0.1, -0.05) is 0 Å². The molecule has 0 bridgehead atoms. The zero-order valence-corrected chi connectivity index (χ0v) is 14.6. The summed E-state index contributed by atoms with van der Waals surface area (Å²) in [6, 6.07) is 9.13. The van der Waals surface area contributed by atoms with Crippen LogP contribution in [-0.2, 0) is 0 Å². The number of carboxylic acid groups (broad SMARTS) is 1. The lowest BCUT2D eigenvalue weighted by molar-refractivity contribution is 0.0697. The van der Waals surface area contributed by atoms with Crippen LogP contribution in [0.25, 0.3) is 27.9 Å². The summed E-state index contributed by atoms with van der Waals surface area (Å²) in [5.74, 6) is -1.05. The smallest absolute Gasteiger partial charge is 0.335 e. The molecule has 6 N–H and O–H groups in total. The van der Waals surface area contributed by atoms with Gasteiger partial charge in [-0.15, -0.1) is 0 Å². The molecule has 0 saturated carbocycles. The van der Waals surface area contributed by atoms with Crippen molar-refractivity contribution in [2.24, 2.45) is 5.73 Å². The van der Waals surface area contributed by atoms with Crippen molar-refractivity contribution in [3.63, 3.8) is 0 Å². The van der Waals surface area contributed by atoms with Crippen molar-refractivity contribution in [1.29, 1.82) is 0 Å². The number of carbonyl (C=O) groups is 1. The first-order valence-corrected chi connectivity index (χ1v) is 8.50. The zero-order valence-electron chi connectivity index (χ0n) is 14.6. The van der Waals surface area contributed by atoms with Gasteiger partial charge in [0.25, 0.3) is 0 Å². The van der Waals surface area contributed by atoms with Gasteiger partial charge in [-0.05, 0) is 36.4 Å². The molecular weight excluding hydrogens is 362 g/mol. The minimum atomic E-state index is -1.05. The third-order valence-corrected chi connectivity index (χ3v) is 4.38. The largest absolute Gasteiger partial charge is 0.504 e. The van der Waals surface area contributed by atoms with E-state index in [1.54, 1.807) is 18.3 Å². The van der Waals surface area contributed by atoms with E-state index in [-0.39, 0.29) is 17.1 Å². The first kappa shape index (κ1) is 17.6. The van der Waals surface area contributed by atoms with Crippen molar-refractivity contribution in [3.05, 3.63) is 48.2 Å². The summed E-state index contributed by atoms with van der Waals surface area (Å²) in [6.45, 7) is 0.857. The standard InChI is InChI=1S/C19H17N5O4/c20-5-6-21-17-18-22-9-14(10-2-4-15(25)16(26)8-10)24(18)13-3-1-11(19(27)28)7-12(13)23-17/h1-4,7-9,25-26H,5-6,20H2,(H,21,23)(H,27,28). The van der Waals surface area contributed by atoms with Crippen LogP contribution < -0.4 is 11.1 Å². The van der Waals surface area contributed by atoms with E-state index in [9.17, 15) is 20.1 Å². The fourth-order valence-electron chi connectivity index (χ4n) is 3.06. The Kier molecular flexibility index (Phi) is 4.21. The lowest BCUT2D eigenvalue weighted by Crippen LogP contribution is -2.15. The number of fused-ring (bicyclic) bond motifs is 3. The second-order valence-corrected chi connectivity index (χ2v) is 6.19. The van der Waals surface area contributed by atoms with Gasteiger partial charge in [0.15, 0.2) is 23.0 Å². The summed E-state index contributed by atoms with van der Waals surface area (Å²) in [5.41, 5.74) is 8.62. The van der Waals surface area contributed by atoms with Gasteiger partial charge in [0.05, 0.1) is 28.5 Å². The Morgan fingerprint density at radius 1 is 1.14 bits per heavy atom. The maximum Gasteiger partial charge on any atom is 0.335 e. The van der Waals surface area contributed by atoms with Crippen molar-refractivity contribution in [3.8, 4) is 22.8 Å². The SMILES string of the molecule is NCCNc1nc2cc(C(=O)O)ccc2n2c(-c3ccc(O)c(O)c3)cnc12. The molecule has 142 valence electrons. The van der Waals surface area contributed by atoms with E-state index in [0.717, 1.165) is 0 Å². The predicted molar refractivity (Wildman–Crippen MR) is 104 cm³/mol. The van der Waals surface area contributed by atoms with Crippen LogP contribution in [0.1, 0.15) is 10.4 Å². The van der Waals surface area contributed by atoms with Crippen LogP contribution in [-0.4, -0.2) is 48.7 Å². The van der Waals surface area contributed by atoms with Crippen LogP contribution in [0.3, 0.4) is 0 Å². The molecule has 9 nitrogen and oxygen atoms in total. The first-order valence-electron chi connectivity index (χ1n) is 8.50. The number of nitrogens with two attached hydrogens (primary N) is 1. The highest BCUT2D eigenvalue weighted by Crippen LogP contribution is 2.33.